The van der Waals surface area contributed by atoms with E-state index in [1.54, 1.807) is 0 Å². The van der Waals surface area contributed by atoms with Gasteiger partial charge in [-0.1, -0.05) is 18.2 Å². The Morgan fingerprint density at radius 1 is 1.42 bits per heavy atom. The number of fused-ring (bicyclic) bond motifs is 1. The van der Waals surface area contributed by atoms with E-state index in [1.807, 2.05) is 0 Å². The summed E-state index contributed by atoms with van der Waals surface area (Å²) in [6.07, 6.45) is 2.49. The highest BCUT2D eigenvalue weighted by Crippen LogP contribution is 2.27. The molecule has 0 unspecified atom stereocenters. The second kappa shape index (κ2) is 2.81. The van der Waals surface area contributed by atoms with E-state index >= 15 is 0 Å². The second-order valence-corrected chi connectivity index (χ2v) is 3.69. The SMILES string of the molecule is Cc1cccc2c1N[C@@H](C)CC2. The van der Waals surface area contributed by atoms with Crippen LogP contribution >= 0.6 is 0 Å². The van der Waals surface area contributed by atoms with Gasteiger partial charge in [-0.2, -0.15) is 0 Å². The van der Waals surface area contributed by atoms with Gasteiger partial charge in [-0.3, -0.25) is 0 Å². The Morgan fingerprint density at radius 2 is 2.25 bits per heavy atom. The van der Waals surface area contributed by atoms with E-state index in [2.05, 4.69) is 37.4 Å². The summed E-state index contributed by atoms with van der Waals surface area (Å²) in [5, 5.41) is 3.53. The molecule has 1 nitrogen and oxygen atoms in total. The standard InChI is InChI=1S/C11H15N/c1-8-4-3-5-10-7-6-9(2)12-11(8)10/h3-5,9,12H,6-7H2,1-2H3/t9-/m0/s1. The van der Waals surface area contributed by atoms with Crippen LogP contribution in [0, 0.1) is 6.92 Å². The van der Waals surface area contributed by atoms with Gasteiger partial charge in [0.1, 0.15) is 0 Å². The van der Waals surface area contributed by atoms with Crippen molar-refractivity contribution < 1.29 is 0 Å². The molecule has 0 aliphatic carbocycles. The molecule has 0 saturated heterocycles. The van der Waals surface area contributed by atoms with Crippen molar-refractivity contribution in [2.45, 2.75) is 32.7 Å². The summed E-state index contributed by atoms with van der Waals surface area (Å²) < 4.78 is 0. The molecular weight excluding hydrogens is 146 g/mol. The van der Waals surface area contributed by atoms with Crippen LogP contribution in [0.15, 0.2) is 18.2 Å². The molecule has 0 bridgehead atoms. The zero-order valence-electron chi connectivity index (χ0n) is 7.72. The van der Waals surface area contributed by atoms with Gasteiger partial charge >= 0.3 is 0 Å². The van der Waals surface area contributed by atoms with Gasteiger partial charge in [0.15, 0.2) is 0 Å². The van der Waals surface area contributed by atoms with E-state index in [4.69, 9.17) is 0 Å². The first kappa shape index (κ1) is 7.66. The summed E-state index contributed by atoms with van der Waals surface area (Å²) in [7, 11) is 0. The van der Waals surface area contributed by atoms with Crippen molar-refractivity contribution in [3.8, 4) is 0 Å². The fourth-order valence-corrected chi connectivity index (χ4v) is 1.83. The Balaban J connectivity index is 2.43. The molecule has 64 valence electrons. The average Bonchev–Trinajstić information content (AvgIpc) is 2.07. The number of benzene rings is 1. The smallest absolute Gasteiger partial charge is 0.0404 e. The van der Waals surface area contributed by atoms with E-state index in [0.717, 1.165) is 0 Å². The molecular formula is C11H15N. The van der Waals surface area contributed by atoms with Crippen LogP contribution in [0.1, 0.15) is 24.5 Å². The molecule has 0 spiro atoms. The molecule has 12 heavy (non-hydrogen) atoms. The molecule has 1 heteroatoms. The first-order chi connectivity index (χ1) is 5.77. The van der Waals surface area contributed by atoms with Crippen molar-refractivity contribution in [2.24, 2.45) is 0 Å². The van der Waals surface area contributed by atoms with Gasteiger partial charge in [0.05, 0.1) is 0 Å². The van der Waals surface area contributed by atoms with Gasteiger partial charge in [0.2, 0.25) is 0 Å². The molecule has 0 fully saturated rings. The van der Waals surface area contributed by atoms with E-state index in [0.29, 0.717) is 6.04 Å². The van der Waals surface area contributed by atoms with E-state index in [1.165, 1.54) is 29.7 Å². The van der Waals surface area contributed by atoms with Crippen molar-refractivity contribution in [3.05, 3.63) is 29.3 Å². The van der Waals surface area contributed by atoms with Crippen molar-refractivity contribution in [3.63, 3.8) is 0 Å². The van der Waals surface area contributed by atoms with Crippen LogP contribution in [0.5, 0.6) is 0 Å². The van der Waals surface area contributed by atoms with Crippen molar-refractivity contribution in [1.82, 2.24) is 0 Å². The van der Waals surface area contributed by atoms with Crippen LogP contribution in [-0.4, -0.2) is 6.04 Å². The molecule has 2 rings (SSSR count). The molecule has 0 radical (unpaired) electrons. The predicted octanol–water partition coefficient (Wildman–Crippen LogP) is 2.74. The van der Waals surface area contributed by atoms with Crippen LogP contribution in [0.3, 0.4) is 0 Å². The molecule has 1 aromatic rings. The summed E-state index contributed by atoms with van der Waals surface area (Å²) >= 11 is 0. The lowest BCUT2D eigenvalue weighted by atomic mass is 9.96. The third-order valence-electron chi connectivity index (χ3n) is 2.60. The molecule has 0 aromatic heterocycles. The normalized spacial score (nSPS) is 21.3. The van der Waals surface area contributed by atoms with Gasteiger partial charge in [-0.25, -0.2) is 0 Å². The molecule has 0 saturated carbocycles. The van der Waals surface area contributed by atoms with Gasteiger partial charge in [0, 0.05) is 11.7 Å². The highest BCUT2D eigenvalue weighted by atomic mass is 14.9. The number of hydrogen-bond acceptors (Lipinski definition) is 1. The number of aryl methyl sites for hydroxylation is 2. The van der Waals surface area contributed by atoms with Crippen LogP contribution in [0.25, 0.3) is 0 Å². The molecule has 0 amide bonds. The summed E-state index contributed by atoms with van der Waals surface area (Å²) in [6.45, 7) is 4.42. The second-order valence-electron chi connectivity index (χ2n) is 3.69. The van der Waals surface area contributed by atoms with E-state index in [-0.39, 0.29) is 0 Å². The Kier molecular flexibility index (Phi) is 1.80. The van der Waals surface area contributed by atoms with Gasteiger partial charge in [-0.05, 0) is 37.8 Å². The number of para-hydroxylation sites is 1. The lowest BCUT2D eigenvalue weighted by Gasteiger charge is -2.25. The van der Waals surface area contributed by atoms with Crippen molar-refractivity contribution >= 4 is 5.69 Å². The summed E-state index contributed by atoms with van der Waals surface area (Å²) in [5.74, 6) is 0. The minimum Gasteiger partial charge on any atom is -0.382 e. The molecule has 1 aliphatic rings. The summed E-state index contributed by atoms with van der Waals surface area (Å²) in [4.78, 5) is 0. The third kappa shape index (κ3) is 1.20. The third-order valence-corrected chi connectivity index (χ3v) is 2.60. The number of nitrogens with one attached hydrogen (secondary N) is 1. The molecule has 1 aromatic carbocycles. The van der Waals surface area contributed by atoms with E-state index in [9.17, 15) is 0 Å². The Morgan fingerprint density at radius 3 is 3.08 bits per heavy atom. The first-order valence-corrected chi connectivity index (χ1v) is 4.62. The molecule has 1 atom stereocenters. The van der Waals surface area contributed by atoms with Crippen molar-refractivity contribution in [2.75, 3.05) is 5.32 Å². The molecule has 1 heterocycles. The highest BCUT2D eigenvalue weighted by molar-refractivity contribution is 5.59. The maximum absolute atomic E-state index is 3.53. The fraction of sp³-hybridized carbons (Fsp3) is 0.455. The molecule has 1 N–H and O–H groups in total. The Hall–Kier alpha value is -0.980. The summed E-state index contributed by atoms with van der Waals surface area (Å²) in [6, 6.07) is 7.18. The number of hydrogen-bond donors (Lipinski definition) is 1. The van der Waals surface area contributed by atoms with Crippen LogP contribution in [0.4, 0.5) is 5.69 Å². The Bertz CT molecular complexity index is 291. The highest BCUT2D eigenvalue weighted by Gasteiger charge is 2.14. The topological polar surface area (TPSA) is 12.0 Å². The average molecular weight is 161 g/mol. The quantitative estimate of drug-likeness (QED) is 0.617. The number of rotatable bonds is 0. The predicted molar refractivity (Wildman–Crippen MR) is 52.6 cm³/mol. The minimum absolute atomic E-state index is 0.638. The fourth-order valence-electron chi connectivity index (χ4n) is 1.83. The largest absolute Gasteiger partial charge is 0.382 e. The zero-order valence-corrected chi connectivity index (χ0v) is 7.72. The number of anilines is 1. The first-order valence-electron chi connectivity index (χ1n) is 4.62. The summed E-state index contributed by atoms with van der Waals surface area (Å²) in [5.41, 5.74) is 4.23. The lowest BCUT2D eigenvalue weighted by molar-refractivity contribution is 0.679. The maximum Gasteiger partial charge on any atom is 0.0404 e. The zero-order chi connectivity index (χ0) is 8.55. The van der Waals surface area contributed by atoms with Gasteiger partial charge in [-0.15, -0.1) is 0 Å². The van der Waals surface area contributed by atoms with Gasteiger partial charge in [0.25, 0.3) is 0 Å². The minimum atomic E-state index is 0.638. The van der Waals surface area contributed by atoms with Crippen LogP contribution in [0.2, 0.25) is 0 Å². The maximum atomic E-state index is 3.53. The monoisotopic (exact) mass is 161 g/mol. The van der Waals surface area contributed by atoms with E-state index < -0.39 is 0 Å². The lowest BCUT2D eigenvalue weighted by Crippen LogP contribution is -2.22. The Labute approximate surface area is 73.8 Å². The van der Waals surface area contributed by atoms with Crippen LogP contribution < -0.4 is 5.32 Å². The van der Waals surface area contributed by atoms with Crippen molar-refractivity contribution in [1.29, 1.82) is 0 Å². The van der Waals surface area contributed by atoms with Gasteiger partial charge < -0.3 is 5.32 Å². The molecule has 1 aliphatic heterocycles. The van der Waals surface area contributed by atoms with Crippen LogP contribution in [-0.2, 0) is 6.42 Å².